The van der Waals surface area contributed by atoms with Crippen LogP contribution in [0.4, 0.5) is 0 Å². The summed E-state index contributed by atoms with van der Waals surface area (Å²) in [6, 6.07) is 54.4. The molecule has 17 heteroatoms. The molecule has 0 bridgehead atoms. The van der Waals surface area contributed by atoms with E-state index in [4.69, 9.17) is 4.74 Å². The third-order valence-electron chi connectivity index (χ3n) is 13.2. The first-order valence-corrected chi connectivity index (χ1v) is 27.5. The first-order valence-electron chi connectivity index (χ1n) is 23.8. The van der Waals surface area contributed by atoms with Gasteiger partial charge in [-0.2, -0.15) is 0 Å². The minimum Gasteiger partial charge on any atom is -0.870 e. The van der Waals surface area contributed by atoms with Gasteiger partial charge in [-0.05, 0) is 70.9 Å². The normalized spacial score (nSPS) is 17.2. The topological polar surface area (TPSA) is 234 Å². The number of hydrogen-bond acceptors (Lipinski definition) is 10. The number of amides is 2. The van der Waals surface area contributed by atoms with Crippen LogP contribution in [0.25, 0.3) is 0 Å². The number of esters is 1. The van der Waals surface area contributed by atoms with Gasteiger partial charge in [0, 0.05) is 13.1 Å². The van der Waals surface area contributed by atoms with E-state index >= 15 is 0 Å². The molecule has 4 atom stereocenters. The van der Waals surface area contributed by atoms with Crippen molar-refractivity contribution in [3.05, 3.63) is 215 Å². The van der Waals surface area contributed by atoms with Crippen molar-refractivity contribution in [2.75, 3.05) is 43.2 Å². The number of aliphatic carboxylic acids is 1. The summed E-state index contributed by atoms with van der Waals surface area (Å²) >= 11 is 0. The number of benzene rings is 6. The first-order chi connectivity index (χ1) is 34.2. The van der Waals surface area contributed by atoms with Crippen molar-refractivity contribution >= 4 is 43.4 Å². The van der Waals surface area contributed by atoms with Gasteiger partial charge in [0.25, 0.3) is 0 Å². The SMILES string of the molecule is COC(=O)[C@@H]1C[C@H](CS(=O)(=O)CCc2ccccc2)CN1C(=O)C(c1ccccc1)c1ccccc1.O.O=C(O)[C@@H]1C[C@H](CS(=O)(=O)CCc2ccccc2)CN1C(=O)C(c1ccccc1)c1ccccc1.[Li+].[OH-]. The number of carboxylic acids is 1. The molecule has 2 fully saturated rings. The molecule has 2 amide bonds. The first kappa shape index (κ1) is 60.2. The van der Waals surface area contributed by atoms with Crippen LogP contribution in [0, 0.1) is 11.8 Å². The minimum absolute atomic E-state index is 0. The molecule has 8 rings (SSSR count). The van der Waals surface area contributed by atoms with E-state index in [2.05, 4.69) is 0 Å². The van der Waals surface area contributed by atoms with Crippen molar-refractivity contribution in [2.24, 2.45) is 11.8 Å². The third-order valence-corrected chi connectivity index (χ3v) is 16.8. The average Bonchev–Trinajstić information content (AvgIpc) is 4.01. The van der Waals surface area contributed by atoms with Crippen LogP contribution in [0.3, 0.4) is 0 Å². The van der Waals surface area contributed by atoms with Crippen molar-refractivity contribution < 1.29 is 75.7 Å². The van der Waals surface area contributed by atoms with Crippen LogP contribution in [0.2, 0.25) is 0 Å². The number of carbonyl (C=O) groups is 4. The van der Waals surface area contributed by atoms with Gasteiger partial charge in [-0.1, -0.05) is 182 Å². The molecule has 4 N–H and O–H groups in total. The van der Waals surface area contributed by atoms with Crippen LogP contribution in [0.1, 0.15) is 58.1 Å². The molecule has 14 nitrogen and oxygen atoms in total. The molecule has 74 heavy (non-hydrogen) atoms. The summed E-state index contributed by atoms with van der Waals surface area (Å²) in [7, 11) is -5.51. The van der Waals surface area contributed by atoms with Crippen molar-refractivity contribution in [1.29, 1.82) is 0 Å². The zero-order chi connectivity index (χ0) is 50.4. The molecule has 0 saturated carbocycles. The molecule has 6 aromatic rings. The number of likely N-dealkylation sites (tertiary alicyclic amines) is 2. The maximum Gasteiger partial charge on any atom is 1.00 e. The maximum absolute atomic E-state index is 14.0. The molecule has 0 aromatic heterocycles. The van der Waals surface area contributed by atoms with Crippen molar-refractivity contribution in [1.82, 2.24) is 9.80 Å². The summed E-state index contributed by atoms with van der Waals surface area (Å²) in [5.41, 5.74) is 5.08. The predicted molar refractivity (Wildman–Crippen MR) is 279 cm³/mol. The smallest absolute Gasteiger partial charge is 0.870 e. The van der Waals surface area contributed by atoms with E-state index in [-0.39, 0.29) is 96.5 Å². The van der Waals surface area contributed by atoms with Crippen LogP contribution in [-0.2, 0) is 56.4 Å². The van der Waals surface area contributed by atoms with Gasteiger partial charge in [-0.15, -0.1) is 0 Å². The van der Waals surface area contributed by atoms with Gasteiger partial charge in [0.05, 0.1) is 42.0 Å². The van der Waals surface area contributed by atoms with Gasteiger partial charge < -0.3 is 30.6 Å². The fourth-order valence-corrected chi connectivity index (χ4v) is 13.1. The van der Waals surface area contributed by atoms with Crippen LogP contribution >= 0.6 is 0 Å². The third kappa shape index (κ3) is 16.3. The number of rotatable bonds is 18. The summed E-state index contributed by atoms with van der Waals surface area (Å²) < 4.78 is 56.6. The van der Waals surface area contributed by atoms with Gasteiger partial charge in [0.15, 0.2) is 19.7 Å². The number of methoxy groups -OCH3 is 1. The van der Waals surface area contributed by atoms with Gasteiger partial charge in [0.2, 0.25) is 11.8 Å². The molecule has 2 saturated heterocycles. The Morgan fingerprint density at radius 3 is 1.09 bits per heavy atom. The second-order valence-corrected chi connectivity index (χ2v) is 22.7. The van der Waals surface area contributed by atoms with E-state index in [1.807, 2.05) is 182 Å². The van der Waals surface area contributed by atoms with Crippen LogP contribution < -0.4 is 18.9 Å². The second kappa shape index (κ2) is 28.3. The zero-order valence-electron chi connectivity index (χ0n) is 41.6. The summed E-state index contributed by atoms with van der Waals surface area (Å²) in [6.45, 7) is 0.301. The molecule has 0 spiro atoms. The fraction of sp³-hybridized carbons (Fsp3) is 0.298. The fourth-order valence-electron chi connectivity index (χ4n) is 9.76. The molecular weight excluding hydrogens is 976 g/mol. The Labute approximate surface area is 446 Å². The molecule has 2 heterocycles. The average molecular weight is 1040 g/mol. The number of carbonyl (C=O) groups excluding carboxylic acids is 3. The van der Waals surface area contributed by atoms with Gasteiger partial charge in [0.1, 0.15) is 12.1 Å². The van der Waals surface area contributed by atoms with Crippen molar-refractivity contribution in [2.45, 2.75) is 49.6 Å². The van der Waals surface area contributed by atoms with Crippen molar-refractivity contribution in [3.63, 3.8) is 0 Å². The van der Waals surface area contributed by atoms with Crippen LogP contribution in [0.15, 0.2) is 182 Å². The van der Waals surface area contributed by atoms with Crippen LogP contribution in [-0.4, -0.2) is 122 Å². The molecule has 2 aliphatic heterocycles. The molecule has 6 aromatic carbocycles. The van der Waals surface area contributed by atoms with E-state index in [9.17, 15) is 41.1 Å². The summed E-state index contributed by atoms with van der Waals surface area (Å²) in [5, 5.41) is 9.88. The number of nitrogens with zero attached hydrogens (tertiary/aromatic N) is 2. The number of carboxylic acid groups (broad SMARTS) is 1. The molecule has 0 aliphatic carbocycles. The maximum atomic E-state index is 14.0. The second-order valence-electron chi connectivity index (χ2n) is 18.3. The Morgan fingerprint density at radius 1 is 0.514 bits per heavy atom. The minimum atomic E-state index is -3.42. The Hall–Kier alpha value is -6.38. The van der Waals surface area contributed by atoms with E-state index in [1.54, 1.807) is 0 Å². The largest absolute Gasteiger partial charge is 1.00 e. The molecule has 386 valence electrons. The zero-order valence-corrected chi connectivity index (χ0v) is 43.3. The molecule has 2 aliphatic rings. The van der Waals surface area contributed by atoms with Gasteiger partial charge >= 0.3 is 30.8 Å². The monoisotopic (exact) mass is 1040 g/mol. The molecule has 0 radical (unpaired) electrons. The van der Waals surface area contributed by atoms with Gasteiger partial charge in [-0.25, -0.2) is 26.4 Å². The quantitative estimate of drug-likeness (QED) is 0.0964. The Balaban J connectivity index is 0.000000308. The van der Waals surface area contributed by atoms with E-state index < -0.39 is 61.5 Å². The van der Waals surface area contributed by atoms with Gasteiger partial charge in [-0.3, -0.25) is 9.59 Å². The van der Waals surface area contributed by atoms with E-state index in [0.29, 0.717) is 12.8 Å². The number of ether oxygens (including phenoxy) is 1. The van der Waals surface area contributed by atoms with E-state index in [0.717, 1.165) is 33.4 Å². The molecule has 0 unspecified atom stereocenters. The van der Waals surface area contributed by atoms with Crippen molar-refractivity contribution in [3.8, 4) is 0 Å². The number of hydrogen-bond donors (Lipinski definition) is 1. The van der Waals surface area contributed by atoms with Crippen LogP contribution in [0.5, 0.6) is 0 Å². The Bertz CT molecular complexity index is 2850. The standard InChI is InChI=1S/C29H31NO5S.C28H29NO5S.Li.2H2O/c1-35-29(32)26-19-23(21-36(33,34)18-17-22-11-5-2-6-12-22)20-30(26)28(31)27(24-13-7-3-8-14-24)25-15-9-4-10-16-25;30-27(26(23-12-6-2-7-13-23)24-14-8-3-9-15-24)29-19-22(18-25(29)28(31)32)20-35(33,34)17-16-21-10-4-1-5-11-21;;;/h2-16,23,26-27H,17-21H2,1H3;1-15,22,25-26H,16-20H2,(H,31,32);;2*1H2/q;;+1;;/p-1/t23-,26-;22-,25-;;;/m00.../s1. The Morgan fingerprint density at radius 2 is 0.797 bits per heavy atom. The summed E-state index contributed by atoms with van der Waals surface area (Å²) in [5.74, 6) is -4.38. The summed E-state index contributed by atoms with van der Waals surface area (Å²) in [4.78, 5) is 55.4. The number of sulfone groups is 2. The number of aryl methyl sites for hydroxylation is 2. The molecular formula is C57H63LiN2O12S2. The summed E-state index contributed by atoms with van der Waals surface area (Å²) in [6.07, 6.45) is 1.23. The van der Waals surface area contributed by atoms with E-state index in [1.165, 1.54) is 16.9 Å². The Kier molecular flexibility index (Phi) is 23.0. The predicted octanol–water partition coefficient (Wildman–Crippen LogP) is 3.65.